The van der Waals surface area contributed by atoms with Gasteiger partial charge in [-0.15, -0.1) is 28.1 Å². The molecule has 1 amide bonds. The van der Waals surface area contributed by atoms with E-state index in [0.29, 0.717) is 33.8 Å². The molecule has 0 bridgehead atoms. The highest BCUT2D eigenvalue weighted by atomic mass is 35.5. The zero-order valence-electron chi connectivity index (χ0n) is 20.9. The molecule has 3 aromatic rings. The van der Waals surface area contributed by atoms with E-state index in [2.05, 4.69) is 22.1 Å². The molecule has 2 heterocycles. The van der Waals surface area contributed by atoms with Crippen LogP contribution < -0.4 is 10.1 Å². The summed E-state index contributed by atoms with van der Waals surface area (Å²) in [4.78, 5) is 26.8. The second-order valence-corrected chi connectivity index (χ2v) is 10.9. The molecule has 0 radical (unpaired) electrons. The van der Waals surface area contributed by atoms with E-state index in [1.54, 1.807) is 17.6 Å². The zero-order valence-corrected chi connectivity index (χ0v) is 23.3. The van der Waals surface area contributed by atoms with Gasteiger partial charge in [0.2, 0.25) is 5.91 Å². The quantitative estimate of drug-likeness (QED) is 0.128. The Morgan fingerprint density at radius 1 is 1.29 bits per heavy atom. The minimum Gasteiger partial charge on any atom is -0.484 e. The summed E-state index contributed by atoms with van der Waals surface area (Å²) in [5.41, 5.74) is 1.49. The Morgan fingerprint density at radius 3 is 2.87 bits per heavy atom. The van der Waals surface area contributed by atoms with Crippen molar-refractivity contribution in [3.05, 3.63) is 63.5 Å². The molecule has 202 valence electrons. The van der Waals surface area contributed by atoms with Crippen LogP contribution in [0, 0.1) is 5.82 Å². The molecule has 0 aliphatic heterocycles. The third-order valence-corrected chi connectivity index (χ3v) is 8.31. The van der Waals surface area contributed by atoms with E-state index in [9.17, 15) is 14.0 Å². The number of carbonyl (C=O) groups excluding carboxylic acids is 2. The number of halogens is 2. The van der Waals surface area contributed by atoms with E-state index in [1.165, 1.54) is 41.3 Å². The topological polar surface area (TPSA) is 95.3 Å². The third-order valence-electron chi connectivity index (χ3n) is 5.84. The average molecular weight is 579 g/mol. The first-order valence-corrected chi connectivity index (χ1v) is 14.4. The Kier molecular flexibility index (Phi) is 9.81. The molecule has 1 aliphatic carbocycles. The molecule has 0 saturated carbocycles. The Morgan fingerprint density at radius 2 is 2.11 bits per heavy atom. The van der Waals surface area contributed by atoms with Gasteiger partial charge < -0.3 is 14.8 Å². The zero-order chi connectivity index (χ0) is 27.1. The molecule has 0 saturated heterocycles. The predicted octanol–water partition coefficient (Wildman–Crippen LogP) is 6.07. The second kappa shape index (κ2) is 13.3. The summed E-state index contributed by atoms with van der Waals surface area (Å²) in [5, 5.41) is 12.5. The summed E-state index contributed by atoms with van der Waals surface area (Å²) in [6.45, 7) is 6.26. The van der Waals surface area contributed by atoms with Crippen molar-refractivity contribution in [3.63, 3.8) is 0 Å². The van der Waals surface area contributed by atoms with E-state index in [4.69, 9.17) is 21.1 Å². The second-order valence-electron chi connectivity index (χ2n) is 8.49. The van der Waals surface area contributed by atoms with Gasteiger partial charge >= 0.3 is 5.97 Å². The van der Waals surface area contributed by atoms with Gasteiger partial charge in [0.25, 0.3) is 0 Å². The van der Waals surface area contributed by atoms with Crippen LogP contribution in [0.3, 0.4) is 0 Å². The standard InChI is InChI=1S/C26H28ClFN4O4S2/c1-3-12-32-21(14-36-19-11-10-16(28)13-18(19)27)30-31-26(32)37-15-22(33)29-24-23(25(34)35-4-2)17-8-6-5-7-9-20(17)38-24/h3,10-11,13H,1,4-9,12,14-15H2,2H3,(H,29,33). The molecule has 0 spiro atoms. The largest absolute Gasteiger partial charge is 0.484 e. The number of anilines is 1. The van der Waals surface area contributed by atoms with Crippen LogP contribution in [0.1, 0.15) is 52.8 Å². The van der Waals surface area contributed by atoms with Crippen LogP contribution in [0.15, 0.2) is 36.0 Å². The lowest BCUT2D eigenvalue weighted by Crippen LogP contribution is -2.17. The van der Waals surface area contributed by atoms with Crippen LogP contribution in [0.5, 0.6) is 5.75 Å². The van der Waals surface area contributed by atoms with Crippen molar-refractivity contribution in [2.24, 2.45) is 0 Å². The lowest BCUT2D eigenvalue weighted by Gasteiger charge is -2.10. The first kappa shape index (κ1) is 28.1. The first-order valence-electron chi connectivity index (χ1n) is 12.3. The number of carbonyl (C=O) groups is 2. The van der Waals surface area contributed by atoms with Gasteiger partial charge in [0, 0.05) is 11.4 Å². The number of hydrogen-bond donors (Lipinski definition) is 1. The van der Waals surface area contributed by atoms with Gasteiger partial charge in [0.15, 0.2) is 11.0 Å². The summed E-state index contributed by atoms with van der Waals surface area (Å²) < 4.78 is 26.1. The predicted molar refractivity (Wildman–Crippen MR) is 147 cm³/mol. The first-order chi connectivity index (χ1) is 18.4. The molecule has 12 heteroatoms. The minimum absolute atomic E-state index is 0.0442. The summed E-state index contributed by atoms with van der Waals surface area (Å²) in [5.74, 6) is -0.236. The fourth-order valence-corrected chi connectivity index (χ4v) is 6.40. The molecule has 2 aromatic heterocycles. The summed E-state index contributed by atoms with van der Waals surface area (Å²) in [6.07, 6.45) is 6.59. The van der Waals surface area contributed by atoms with Crippen molar-refractivity contribution in [3.8, 4) is 5.75 Å². The molecule has 1 aliphatic rings. The van der Waals surface area contributed by atoms with Crippen LogP contribution in [-0.4, -0.2) is 39.0 Å². The Labute approximate surface area is 233 Å². The maximum atomic E-state index is 13.3. The number of ether oxygens (including phenoxy) is 2. The SMILES string of the molecule is C=CCn1c(COc2ccc(F)cc2Cl)nnc1SCC(=O)Nc1sc2c(c1C(=O)OCC)CCCCC2. The normalized spacial score (nSPS) is 12.9. The highest BCUT2D eigenvalue weighted by molar-refractivity contribution is 7.99. The molecular formula is C26H28ClFN4O4S2. The fraction of sp³-hybridized carbons (Fsp3) is 0.385. The smallest absolute Gasteiger partial charge is 0.341 e. The number of amides is 1. The van der Waals surface area contributed by atoms with Crippen LogP contribution in [-0.2, 0) is 35.5 Å². The molecule has 1 N–H and O–H groups in total. The summed E-state index contributed by atoms with van der Waals surface area (Å²) in [7, 11) is 0. The molecule has 1 aromatic carbocycles. The Balaban J connectivity index is 1.44. The number of aryl methyl sites for hydroxylation is 1. The van der Waals surface area contributed by atoms with Crippen molar-refractivity contribution in [2.75, 3.05) is 17.7 Å². The van der Waals surface area contributed by atoms with Crippen LogP contribution >= 0.6 is 34.7 Å². The van der Waals surface area contributed by atoms with E-state index < -0.39 is 11.8 Å². The van der Waals surface area contributed by atoms with Gasteiger partial charge in [0.1, 0.15) is 23.2 Å². The minimum atomic E-state index is -0.457. The molecule has 4 rings (SSSR count). The van der Waals surface area contributed by atoms with Gasteiger partial charge in [0.05, 0.1) is 22.9 Å². The molecule has 0 fully saturated rings. The molecular weight excluding hydrogens is 551 g/mol. The van der Waals surface area contributed by atoms with Crippen molar-refractivity contribution in [1.29, 1.82) is 0 Å². The number of nitrogens with one attached hydrogen (secondary N) is 1. The van der Waals surface area contributed by atoms with E-state index >= 15 is 0 Å². The van der Waals surface area contributed by atoms with E-state index in [1.807, 2.05) is 0 Å². The van der Waals surface area contributed by atoms with Gasteiger partial charge in [-0.1, -0.05) is 35.9 Å². The number of hydrogen-bond acceptors (Lipinski definition) is 8. The highest BCUT2D eigenvalue weighted by Crippen LogP contribution is 2.38. The lowest BCUT2D eigenvalue weighted by molar-refractivity contribution is -0.113. The van der Waals surface area contributed by atoms with Crippen LogP contribution in [0.25, 0.3) is 0 Å². The number of rotatable bonds is 11. The van der Waals surface area contributed by atoms with E-state index in [0.717, 1.165) is 42.5 Å². The van der Waals surface area contributed by atoms with Crippen molar-refractivity contribution < 1.29 is 23.5 Å². The highest BCUT2D eigenvalue weighted by Gasteiger charge is 2.27. The number of aromatic nitrogens is 3. The number of allylic oxidation sites excluding steroid dienone is 1. The number of thiophene rings is 1. The molecule has 8 nitrogen and oxygen atoms in total. The maximum Gasteiger partial charge on any atom is 0.341 e. The summed E-state index contributed by atoms with van der Waals surface area (Å²) in [6, 6.07) is 3.87. The van der Waals surface area contributed by atoms with Crippen molar-refractivity contribution >= 4 is 51.6 Å². The maximum absolute atomic E-state index is 13.3. The third kappa shape index (κ3) is 6.75. The number of thioether (sulfide) groups is 1. The number of esters is 1. The van der Waals surface area contributed by atoms with Crippen LogP contribution in [0.2, 0.25) is 5.02 Å². The lowest BCUT2D eigenvalue weighted by atomic mass is 10.1. The van der Waals surface area contributed by atoms with Gasteiger partial charge in [-0.2, -0.15) is 0 Å². The Hall–Kier alpha value is -2.89. The molecule has 38 heavy (non-hydrogen) atoms. The van der Waals surface area contributed by atoms with Crippen molar-refractivity contribution in [2.45, 2.75) is 57.3 Å². The van der Waals surface area contributed by atoms with Crippen LogP contribution in [0.4, 0.5) is 9.39 Å². The number of benzene rings is 1. The van der Waals surface area contributed by atoms with Gasteiger partial charge in [-0.25, -0.2) is 9.18 Å². The summed E-state index contributed by atoms with van der Waals surface area (Å²) >= 11 is 8.72. The number of fused-ring (bicyclic) bond motifs is 1. The number of nitrogens with zero attached hydrogens (tertiary/aromatic N) is 3. The Bertz CT molecular complexity index is 1330. The fourth-order valence-electron chi connectivity index (χ4n) is 4.12. The van der Waals surface area contributed by atoms with E-state index in [-0.39, 0.29) is 29.9 Å². The van der Waals surface area contributed by atoms with Gasteiger partial charge in [-0.3, -0.25) is 9.36 Å². The molecule has 0 unspecified atom stereocenters. The average Bonchev–Trinajstić information content (AvgIpc) is 3.34. The monoisotopic (exact) mass is 578 g/mol. The van der Waals surface area contributed by atoms with Gasteiger partial charge in [-0.05, 0) is 56.4 Å². The molecule has 0 atom stereocenters. The van der Waals surface area contributed by atoms with Crippen molar-refractivity contribution in [1.82, 2.24) is 14.8 Å².